The van der Waals surface area contributed by atoms with Crippen LogP contribution in [0, 0.1) is 0 Å². The molecule has 0 radical (unpaired) electrons. The van der Waals surface area contributed by atoms with E-state index in [0.29, 0.717) is 6.42 Å². The van der Waals surface area contributed by atoms with Gasteiger partial charge in [-0.1, -0.05) is 43.7 Å². The van der Waals surface area contributed by atoms with E-state index >= 15 is 0 Å². The molecule has 6 heteroatoms. The van der Waals surface area contributed by atoms with E-state index in [9.17, 15) is 8.42 Å². The van der Waals surface area contributed by atoms with E-state index in [0.717, 1.165) is 12.0 Å². The largest absolute Gasteiger partial charge is 0.323 e. The molecule has 0 fully saturated rings. The van der Waals surface area contributed by atoms with Gasteiger partial charge in [0.05, 0.1) is 5.75 Å². The minimum absolute atomic E-state index is 0. The summed E-state index contributed by atoms with van der Waals surface area (Å²) in [4.78, 5) is 0. The van der Waals surface area contributed by atoms with Gasteiger partial charge in [0.25, 0.3) is 0 Å². The molecule has 0 heterocycles. The lowest BCUT2D eigenvalue weighted by molar-refractivity contribution is 0.569. The zero-order valence-corrected chi connectivity index (χ0v) is 12.1. The summed E-state index contributed by atoms with van der Waals surface area (Å²) < 4.78 is 25.7. The fourth-order valence-corrected chi connectivity index (χ4v) is 2.69. The van der Waals surface area contributed by atoms with Gasteiger partial charge in [-0.25, -0.2) is 13.1 Å². The molecule has 1 aromatic carbocycles. The van der Waals surface area contributed by atoms with Gasteiger partial charge < -0.3 is 5.73 Å². The molecule has 1 atom stereocenters. The summed E-state index contributed by atoms with van der Waals surface area (Å²) in [5.41, 5.74) is 6.84. The molecule has 3 N–H and O–H groups in total. The Bertz CT molecular complexity index is 423. The highest BCUT2D eigenvalue weighted by Crippen LogP contribution is 2.08. The van der Waals surface area contributed by atoms with Crippen LogP contribution in [0.4, 0.5) is 0 Å². The van der Waals surface area contributed by atoms with Crippen LogP contribution < -0.4 is 10.5 Å². The van der Waals surface area contributed by atoms with E-state index in [1.54, 1.807) is 0 Å². The van der Waals surface area contributed by atoms with Crippen molar-refractivity contribution in [3.63, 3.8) is 0 Å². The van der Waals surface area contributed by atoms with Crippen molar-refractivity contribution in [1.82, 2.24) is 4.72 Å². The van der Waals surface area contributed by atoms with E-state index in [1.807, 2.05) is 37.3 Å². The third kappa shape index (κ3) is 6.35. The average molecular weight is 293 g/mol. The standard InChI is InChI=1S/C12H20N2O2S.ClH/c1-2-3-9-17(15,16)14-10-12(13)11-7-5-4-6-8-11;/h4-8,12,14H,2-3,9-10,13H2,1H3;1H. The Morgan fingerprint density at radius 1 is 1.28 bits per heavy atom. The smallest absolute Gasteiger partial charge is 0.211 e. The summed E-state index contributed by atoms with van der Waals surface area (Å²) in [6.07, 6.45) is 1.54. The van der Waals surface area contributed by atoms with Gasteiger partial charge in [0.2, 0.25) is 10.0 Å². The maximum Gasteiger partial charge on any atom is 0.211 e. The van der Waals surface area contributed by atoms with Gasteiger partial charge in [0, 0.05) is 12.6 Å². The summed E-state index contributed by atoms with van der Waals surface area (Å²) >= 11 is 0. The maximum absolute atomic E-state index is 11.6. The van der Waals surface area contributed by atoms with Crippen molar-refractivity contribution >= 4 is 22.4 Å². The first kappa shape index (κ1) is 17.4. The van der Waals surface area contributed by atoms with Crippen molar-refractivity contribution in [2.75, 3.05) is 12.3 Å². The van der Waals surface area contributed by atoms with Gasteiger partial charge in [-0.05, 0) is 12.0 Å². The third-order valence-electron chi connectivity index (χ3n) is 2.52. The first-order chi connectivity index (χ1) is 8.05. The van der Waals surface area contributed by atoms with E-state index in [2.05, 4.69) is 4.72 Å². The van der Waals surface area contributed by atoms with Gasteiger partial charge in [-0.3, -0.25) is 0 Å². The Morgan fingerprint density at radius 3 is 2.44 bits per heavy atom. The zero-order valence-electron chi connectivity index (χ0n) is 10.5. The number of rotatable bonds is 7. The molecule has 18 heavy (non-hydrogen) atoms. The van der Waals surface area contributed by atoms with Crippen LogP contribution in [0.3, 0.4) is 0 Å². The Morgan fingerprint density at radius 2 is 1.89 bits per heavy atom. The quantitative estimate of drug-likeness (QED) is 0.805. The predicted molar refractivity (Wildman–Crippen MR) is 77.3 cm³/mol. The average Bonchev–Trinajstić information content (AvgIpc) is 2.35. The summed E-state index contributed by atoms with van der Waals surface area (Å²) in [5, 5.41) is 0. The summed E-state index contributed by atoms with van der Waals surface area (Å²) in [7, 11) is -3.18. The third-order valence-corrected chi connectivity index (χ3v) is 3.95. The molecule has 0 aromatic heterocycles. The van der Waals surface area contributed by atoms with Crippen LogP contribution in [0.25, 0.3) is 0 Å². The first-order valence-corrected chi connectivity index (χ1v) is 7.48. The molecule has 4 nitrogen and oxygen atoms in total. The minimum Gasteiger partial charge on any atom is -0.323 e. The lowest BCUT2D eigenvalue weighted by Crippen LogP contribution is -2.33. The second-order valence-electron chi connectivity index (χ2n) is 4.04. The lowest BCUT2D eigenvalue weighted by atomic mass is 10.1. The van der Waals surface area contributed by atoms with Crippen LogP contribution in [-0.2, 0) is 10.0 Å². The van der Waals surface area contributed by atoms with Gasteiger partial charge in [-0.15, -0.1) is 12.4 Å². The van der Waals surface area contributed by atoms with E-state index < -0.39 is 10.0 Å². The van der Waals surface area contributed by atoms with Crippen LogP contribution in [0.2, 0.25) is 0 Å². The Labute approximate surface area is 115 Å². The molecule has 0 bridgehead atoms. The highest BCUT2D eigenvalue weighted by molar-refractivity contribution is 7.89. The van der Waals surface area contributed by atoms with Crippen LogP contribution in [-0.4, -0.2) is 20.7 Å². The van der Waals surface area contributed by atoms with Gasteiger partial charge in [0.15, 0.2) is 0 Å². The number of benzene rings is 1. The second kappa shape index (κ2) is 8.48. The topological polar surface area (TPSA) is 72.2 Å². The summed E-state index contributed by atoms with van der Waals surface area (Å²) in [6.45, 7) is 2.21. The number of hydrogen-bond donors (Lipinski definition) is 2. The maximum atomic E-state index is 11.6. The number of halogens is 1. The molecule has 0 amide bonds. The molecular formula is C12H21ClN2O2S. The fraction of sp³-hybridized carbons (Fsp3) is 0.500. The van der Waals surface area contributed by atoms with E-state index in [-0.39, 0.29) is 30.7 Å². The molecule has 1 aromatic rings. The number of unbranched alkanes of at least 4 members (excludes halogenated alkanes) is 1. The van der Waals surface area contributed by atoms with Crippen molar-refractivity contribution in [3.8, 4) is 0 Å². The molecule has 1 unspecified atom stereocenters. The van der Waals surface area contributed by atoms with Crippen molar-refractivity contribution in [1.29, 1.82) is 0 Å². The molecule has 0 aliphatic rings. The predicted octanol–water partition coefficient (Wildman–Crippen LogP) is 1.83. The summed E-state index contributed by atoms with van der Waals surface area (Å²) in [6, 6.07) is 9.17. The second-order valence-corrected chi connectivity index (χ2v) is 5.96. The number of nitrogens with one attached hydrogen (secondary N) is 1. The van der Waals surface area contributed by atoms with Crippen LogP contribution in [0.1, 0.15) is 31.4 Å². The molecule has 0 spiro atoms. The molecule has 0 saturated heterocycles. The van der Waals surface area contributed by atoms with Crippen molar-refractivity contribution in [3.05, 3.63) is 35.9 Å². The van der Waals surface area contributed by atoms with Crippen LogP contribution >= 0.6 is 12.4 Å². The molecule has 1 rings (SSSR count). The summed E-state index contributed by atoms with van der Waals surface area (Å²) in [5.74, 6) is 0.172. The van der Waals surface area contributed by atoms with Crippen molar-refractivity contribution in [2.45, 2.75) is 25.8 Å². The number of sulfonamides is 1. The van der Waals surface area contributed by atoms with Crippen LogP contribution in [0.5, 0.6) is 0 Å². The van der Waals surface area contributed by atoms with Gasteiger partial charge >= 0.3 is 0 Å². The first-order valence-electron chi connectivity index (χ1n) is 5.83. The fourth-order valence-electron chi connectivity index (χ4n) is 1.44. The highest BCUT2D eigenvalue weighted by Gasteiger charge is 2.12. The Kier molecular flexibility index (Phi) is 8.18. The number of nitrogens with two attached hydrogens (primary N) is 1. The monoisotopic (exact) mass is 292 g/mol. The molecular weight excluding hydrogens is 272 g/mol. The molecule has 0 aliphatic heterocycles. The minimum atomic E-state index is -3.18. The van der Waals surface area contributed by atoms with Gasteiger partial charge in [-0.2, -0.15) is 0 Å². The normalized spacial score (nSPS) is 12.8. The van der Waals surface area contributed by atoms with Crippen molar-refractivity contribution in [2.24, 2.45) is 5.73 Å². The zero-order chi connectivity index (χ0) is 12.7. The molecule has 104 valence electrons. The molecule has 0 saturated carbocycles. The van der Waals surface area contributed by atoms with Gasteiger partial charge in [0.1, 0.15) is 0 Å². The SMILES string of the molecule is CCCCS(=O)(=O)NCC(N)c1ccccc1.Cl. The Hall–Kier alpha value is -0.620. The van der Waals surface area contributed by atoms with Crippen LogP contribution in [0.15, 0.2) is 30.3 Å². The molecule has 0 aliphatic carbocycles. The lowest BCUT2D eigenvalue weighted by Gasteiger charge is -2.13. The highest BCUT2D eigenvalue weighted by atomic mass is 35.5. The van der Waals surface area contributed by atoms with E-state index in [4.69, 9.17) is 5.73 Å². The number of hydrogen-bond acceptors (Lipinski definition) is 3. The van der Waals surface area contributed by atoms with Crippen molar-refractivity contribution < 1.29 is 8.42 Å². The van der Waals surface area contributed by atoms with E-state index in [1.165, 1.54) is 0 Å². The Balaban J connectivity index is 0.00000289.